The van der Waals surface area contributed by atoms with E-state index in [1.165, 1.54) is 32.9 Å². The average Bonchev–Trinajstić information content (AvgIpc) is 2.52. The van der Waals surface area contributed by atoms with Gasteiger partial charge in [0, 0.05) is 5.56 Å². The highest BCUT2D eigenvalue weighted by atomic mass is 19.4. The van der Waals surface area contributed by atoms with E-state index in [1.54, 1.807) is 6.07 Å². The second-order valence-electron chi connectivity index (χ2n) is 6.66. The van der Waals surface area contributed by atoms with Gasteiger partial charge in [0.15, 0.2) is 5.75 Å². The Kier molecular flexibility index (Phi) is 5.08. The Hall–Kier alpha value is -2.88. The Bertz CT molecular complexity index is 890. The van der Waals surface area contributed by atoms with Gasteiger partial charge in [0.2, 0.25) is 0 Å². The number of benzene rings is 2. The molecule has 0 bridgehead atoms. The Morgan fingerprint density at radius 3 is 2.27 bits per heavy atom. The first-order valence-electron chi connectivity index (χ1n) is 7.57. The van der Waals surface area contributed by atoms with Gasteiger partial charge in [0.25, 0.3) is 0 Å². The Morgan fingerprint density at radius 1 is 1.12 bits per heavy atom. The van der Waals surface area contributed by atoms with E-state index >= 15 is 0 Å². The summed E-state index contributed by atoms with van der Waals surface area (Å²) in [6.07, 6.45) is -4.87. The molecule has 0 atom stereocenters. The zero-order valence-corrected chi connectivity index (χ0v) is 14.2. The lowest BCUT2D eigenvalue weighted by Gasteiger charge is -2.21. The molecule has 0 radical (unpaired) electrons. The van der Waals surface area contributed by atoms with Crippen molar-refractivity contribution < 1.29 is 27.1 Å². The number of nitrogens with zero attached hydrogens (tertiary/aromatic N) is 1. The third kappa shape index (κ3) is 4.20. The number of halogens is 4. The predicted molar refractivity (Wildman–Crippen MR) is 86.6 cm³/mol. The van der Waals surface area contributed by atoms with Gasteiger partial charge < -0.3 is 4.74 Å². The van der Waals surface area contributed by atoms with Crippen molar-refractivity contribution in [2.24, 2.45) is 5.41 Å². The lowest BCUT2D eigenvalue weighted by molar-refractivity contribution is -0.147. The van der Waals surface area contributed by atoms with Crippen molar-refractivity contribution in [3.63, 3.8) is 0 Å². The maximum Gasteiger partial charge on any atom is 0.420 e. The quantitative estimate of drug-likeness (QED) is 0.410. The van der Waals surface area contributed by atoms with Crippen molar-refractivity contribution in [2.75, 3.05) is 0 Å². The SMILES string of the molecule is CC(C)(C)C(=O)Oc1c(-c2cccc(F)c2)cc(C#N)cc1C(F)(F)F. The van der Waals surface area contributed by atoms with Gasteiger partial charge in [-0.3, -0.25) is 4.79 Å². The van der Waals surface area contributed by atoms with Crippen LogP contribution < -0.4 is 4.74 Å². The Balaban J connectivity index is 2.80. The molecule has 2 aromatic rings. The number of rotatable bonds is 2. The largest absolute Gasteiger partial charge is 0.425 e. The van der Waals surface area contributed by atoms with Gasteiger partial charge in [-0.2, -0.15) is 18.4 Å². The second-order valence-corrected chi connectivity index (χ2v) is 6.66. The predicted octanol–water partition coefficient (Wildman–Crippen LogP) is 5.33. The maximum atomic E-state index is 13.6. The molecule has 0 fully saturated rings. The van der Waals surface area contributed by atoms with Crippen molar-refractivity contribution >= 4 is 5.97 Å². The number of hydrogen-bond donors (Lipinski definition) is 0. The number of nitriles is 1. The van der Waals surface area contributed by atoms with E-state index in [0.717, 1.165) is 18.2 Å². The molecule has 7 heteroatoms. The molecule has 0 heterocycles. The fraction of sp³-hybridized carbons (Fsp3) is 0.263. The van der Waals surface area contributed by atoms with Crippen LogP contribution in [-0.4, -0.2) is 5.97 Å². The molecular weight excluding hydrogens is 350 g/mol. The zero-order chi connectivity index (χ0) is 19.7. The summed E-state index contributed by atoms with van der Waals surface area (Å²) < 4.78 is 59.2. The summed E-state index contributed by atoms with van der Waals surface area (Å²) in [6, 6.07) is 8.19. The molecule has 0 aliphatic carbocycles. The number of carbonyl (C=O) groups is 1. The van der Waals surface area contributed by atoms with Gasteiger partial charge in [-0.15, -0.1) is 0 Å². The summed E-state index contributed by atoms with van der Waals surface area (Å²) in [6.45, 7) is 4.48. The highest BCUT2D eigenvalue weighted by Crippen LogP contribution is 2.43. The van der Waals surface area contributed by atoms with Crippen LogP contribution in [0.3, 0.4) is 0 Å². The molecule has 0 aliphatic heterocycles. The number of ether oxygens (including phenoxy) is 1. The minimum atomic E-state index is -4.87. The normalized spacial score (nSPS) is 11.8. The van der Waals surface area contributed by atoms with Gasteiger partial charge in [0.05, 0.1) is 17.0 Å². The smallest absolute Gasteiger partial charge is 0.420 e. The lowest BCUT2D eigenvalue weighted by Crippen LogP contribution is -2.27. The third-order valence-corrected chi connectivity index (χ3v) is 3.47. The molecule has 0 amide bonds. The van der Waals surface area contributed by atoms with Crippen LogP contribution in [-0.2, 0) is 11.0 Å². The van der Waals surface area contributed by atoms with Gasteiger partial charge in [0.1, 0.15) is 11.4 Å². The molecule has 0 N–H and O–H groups in total. The molecule has 3 nitrogen and oxygen atoms in total. The van der Waals surface area contributed by atoms with Crippen LogP contribution in [0.1, 0.15) is 31.9 Å². The van der Waals surface area contributed by atoms with Crippen LogP contribution in [0.25, 0.3) is 11.1 Å². The summed E-state index contributed by atoms with van der Waals surface area (Å²) in [5.41, 5.74) is -2.74. The molecule has 0 saturated heterocycles. The van der Waals surface area contributed by atoms with E-state index in [1.807, 2.05) is 0 Å². The van der Waals surface area contributed by atoms with Crippen LogP contribution in [0.4, 0.5) is 17.6 Å². The van der Waals surface area contributed by atoms with Crippen molar-refractivity contribution in [3.05, 3.63) is 53.3 Å². The molecular formula is C19H15F4NO2. The van der Waals surface area contributed by atoms with Crippen molar-refractivity contribution in [1.82, 2.24) is 0 Å². The van der Waals surface area contributed by atoms with E-state index in [-0.39, 0.29) is 16.7 Å². The molecule has 0 unspecified atom stereocenters. The van der Waals surface area contributed by atoms with E-state index in [0.29, 0.717) is 6.07 Å². The monoisotopic (exact) mass is 365 g/mol. The lowest BCUT2D eigenvalue weighted by atomic mass is 9.95. The van der Waals surface area contributed by atoms with Crippen LogP contribution in [0, 0.1) is 22.6 Å². The average molecular weight is 365 g/mol. The van der Waals surface area contributed by atoms with Gasteiger partial charge >= 0.3 is 12.1 Å². The molecule has 0 aliphatic rings. The van der Waals surface area contributed by atoms with E-state index in [4.69, 9.17) is 10.00 Å². The number of carbonyl (C=O) groups excluding carboxylic acids is 1. The summed E-state index contributed by atoms with van der Waals surface area (Å²) >= 11 is 0. The summed E-state index contributed by atoms with van der Waals surface area (Å²) in [5.74, 6) is -2.31. The van der Waals surface area contributed by atoms with Gasteiger partial charge in [-0.1, -0.05) is 12.1 Å². The third-order valence-electron chi connectivity index (χ3n) is 3.47. The van der Waals surface area contributed by atoms with E-state index in [2.05, 4.69) is 0 Å². The first kappa shape index (κ1) is 19.4. The highest BCUT2D eigenvalue weighted by Gasteiger charge is 2.38. The fourth-order valence-electron chi connectivity index (χ4n) is 2.13. The molecule has 2 aromatic carbocycles. The molecule has 26 heavy (non-hydrogen) atoms. The summed E-state index contributed by atoms with van der Waals surface area (Å²) in [4.78, 5) is 12.2. The molecule has 0 aromatic heterocycles. The number of hydrogen-bond acceptors (Lipinski definition) is 3. The summed E-state index contributed by atoms with van der Waals surface area (Å²) in [7, 11) is 0. The maximum absolute atomic E-state index is 13.6. The van der Waals surface area contributed by atoms with E-state index < -0.39 is 34.7 Å². The van der Waals surface area contributed by atoms with Crippen molar-refractivity contribution in [1.29, 1.82) is 5.26 Å². The number of esters is 1. The van der Waals surface area contributed by atoms with E-state index in [9.17, 15) is 22.4 Å². The highest BCUT2D eigenvalue weighted by molar-refractivity contribution is 5.83. The van der Waals surface area contributed by atoms with Crippen LogP contribution in [0.5, 0.6) is 5.75 Å². The Morgan fingerprint density at radius 2 is 1.77 bits per heavy atom. The zero-order valence-electron chi connectivity index (χ0n) is 14.2. The fourth-order valence-corrected chi connectivity index (χ4v) is 2.13. The molecule has 136 valence electrons. The van der Waals surface area contributed by atoms with Gasteiger partial charge in [-0.25, -0.2) is 4.39 Å². The van der Waals surface area contributed by atoms with Crippen molar-refractivity contribution in [2.45, 2.75) is 26.9 Å². The van der Waals surface area contributed by atoms with Crippen LogP contribution in [0.2, 0.25) is 0 Å². The number of alkyl halides is 3. The first-order valence-corrected chi connectivity index (χ1v) is 7.57. The topological polar surface area (TPSA) is 50.1 Å². The van der Waals surface area contributed by atoms with Crippen molar-refractivity contribution in [3.8, 4) is 22.9 Å². The van der Waals surface area contributed by atoms with Crippen LogP contribution in [0.15, 0.2) is 36.4 Å². The molecule has 2 rings (SSSR count). The van der Waals surface area contributed by atoms with Crippen LogP contribution >= 0.6 is 0 Å². The molecule has 0 spiro atoms. The minimum absolute atomic E-state index is 0.0595. The minimum Gasteiger partial charge on any atom is -0.425 e. The van der Waals surface area contributed by atoms with Gasteiger partial charge in [-0.05, 0) is 50.6 Å². The second kappa shape index (κ2) is 6.79. The first-order chi connectivity index (χ1) is 11.9. The standard InChI is InChI=1S/C19H15F4NO2/c1-18(2,3)17(25)26-16-14(12-5-4-6-13(20)9-12)7-11(10-24)8-15(16)19(21,22)23/h4-9H,1-3H3. The Labute approximate surface area is 147 Å². The molecule has 0 saturated carbocycles. The summed E-state index contributed by atoms with van der Waals surface area (Å²) in [5, 5.41) is 9.06.